The molecule has 0 atom stereocenters. The number of fused-ring (bicyclic) bond motifs is 1. The molecule has 0 bridgehead atoms. The Morgan fingerprint density at radius 3 is 2.74 bits per heavy atom. The number of hydrogen-bond donors (Lipinski definition) is 0. The maximum absolute atomic E-state index is 11.7. The van der Waals surface area contributed by atoms with Crippen molar-refractivity contribution in [2.75, 3.05) is 7.11 Å². The average Bonchev–Trinajstić information content (AvgIpc) is 2.86. The second-order valence-electron chi connectivity index (χ2n) is 4.99. The fraction of sp³-hybridized carbons (Fsp3) is 0.188. The number of hydrogen-bond acceptors (Lipinski definition) is 4. The minimum atomic E-state index is -0.488. The topological polar surface area (TPSA) is 57.0 Å². The number of benzene rings is 1. The molecule has 3 aromatic rings. The number of nitrogens with zero attached hydrogens (tertiary/aromatic N) is 3. The molecule has 0 N–H and O–H groups in total. The standard InChI is InChI=1S/C16H13Cl2N3O2/c1-9-19-12-6-7-13(16(22)23-2)20-15(12)21(9)8-10-4-3-5-11(17)14(10)18/h3-7H,8H2,1-2H3. The summed E-state index contributed by atoms with van der Waals surface area (Å²) >= 11 is 12.3. The molecule has 2 heterocycles. The lowest BCUT2D eigenvalue weighted by Gasteiger charge is -2.09. The summed E-state index contributed by atoms with van der Waals surface area (Å²) in [4.78, 5) is 20.5. The minimum absolute atomic E-state index is 0.235. The highest BCUT2D eigenvalue weighted by Crippen LogP contribution is 2.27. The van der Waals surface area contributed by atoms with E-state index in [1.807, 2.05) is 23.6 Å². The monoisotopic (exact) mass is 349 g/mol. The van der Waals surface area contributed by atoms with E-state index >= 15 is 0 Å². The lowest BCUT2D eigenvalue weighted by atomic mass is 10.2. The number of halogens is 2. The van der Waals surface area contributed by atoms with Gasteiger partial charge in [-0.3, -0.25) is 0 Å². The van der Waals surface area contributed by atoms with Gasteiger partial charge in [0.15, 0.2) is 11.3 Å². The summed E-state index contributed by atoms with van der Waals surface area (Å²) < 4.78 is 6.60. The van der Waals surface area contributed by atoms with Gasteiger partial charge in [-0.25, -0.2) is 14.8 Å². The van der Waals surface area contributed by atoms with Crippen LogP contribution in [-0.2, 0) is 11.3 Å². The first-order valence-corrected chi connectivity index (χ1v) is 7.62. The van der Waals surface area contributed by atoms with Crippen LogP contribution < -0.4 is 0 Å². The van der Waals surface area contributed by atoms with E-state index in [-0.39, 0.29) is 5.69 Å². The molecule has 0 aliphatic heterocycles. The molecule has 5 nitrogen and oxygen atoms in total. The van der Waals surface area contributed by atoms with Gasteiger partial charge in [-0.15, -0.1) is 0 Å². The average molecular weight is 350 g/mol. The number of methoxy groups -OCH3 is 1. The van der Waals surface area contributed by atoms with E-state index in [2.05, 4.69) is 9.97 Å². The summed E-state index contributed by atoms with van der Waals surface area (Å²) in [7, 11) is 1.32. The predicted molar refractivity (Wildman–Crippen MR) is 89.2 cm³/mol. The van der Waals surface area contributed by atoms with E-state index in [9.17, 15) is 4.79 Å². The van der Waals surface area contributed by atoms with Crippen molar-refractivity contribution in [3.05, 3.63) is 57.5 Å². The molecule has 23 heavy (non-hydrogen) atoms. The highest BCUT2D eigenvalue weighted by molar-refractivity contribution is 6.42. The molecule has 0 spiro atoms. The molecule has 7 heteroatoms. The maximum Gasteiger partial charge on any atom is 0.356 e. The molecule has 0 radical (unpaired) electrons. The molecule has 0 saturated carbocycles. The first kappa shape index (κ1) is 15.8. The molecule has 3 rings (SSSR count). The molecule has 0 unspecified atom stereocenters. The van der Waals surface area contributed by atoms with Crippen LogP contribution >= 0.6 is 23.2 Å². The first-order chi connectivity index (χ1) is 11.0. The molecule has 0 amide bonds. The number of esters is 1. The number of pyridine rings is 1. The van der Waals surface area contributed by atoms with Crippen molar-refractivity contribution in [3.63, 3.8) is 0 Å². The molecule has 0 fully saturated rings. The zero-order valence-electron chi connectivity index (χ0n) is 12.5. The number of carbonyl (C=O) groups is 1. The van der Waals surface area contributed by atoms with Crippen molar-refractivity contribution in [1.82, 2.24) is 14.5 Å². The van der Waals surface area contributed by atoms with E-state index in [0.717, 1.165) is 11.4 Å². The molecule has 0 aliphatic rings. The predicted octanol–water partition coefficient (Wildman–Crippen LogP) is 3.88. The van der Waals surface area contributed by atoms with Crippen molar-refractivity contribution in [3.8, 4) is 0 Å². The Balaban J connectivity index is 2.11. The van der Waals surface area contributed by atoms with Gasteiger partial charge in [-0.05, 0) is 30.7 Å². The number of ether oxygens (including phenoxy) is 1. The molecule has 0 aliphatic carbocycles. The SMILES string of the molecule is COC(=O)c1ccc2nc(C)n(Cc3cccc(Cl)c3Cl)c2n1. The Bertz CT molecular complexity index is 906. The van der Waals surface area contributed by atoms with Gasteiger partial charge in [0.2, 0.25) is 0 Å². The van der Waals surface area contributed by atoms with Crippen LogP contribution in [0.15, 0.2) is 30.3 Å². The fourth-order valence-electron chi connectivity index (χ4n) is 2.36. The Morgan fingerprint density at radius 1 is 1.22 bits per heavy atom. The minimum Gasteiger partial charge on any atom is -0.464 e. The summed E-state index contributed by atoms with van der Waals surface area (Å²) in [6, 6.07) is 8.81. The molecule has 2 aromatic heterocycles. The van der Waals surface area contributed by atoms with E-state index < -0.39 is 5.97 Å². The Morgan fingerprint density at radius 2 is 2.00 bits per heavy atom. The van der Waals surface area contributed by atoms with Gasteiger partial charge < -0.3 is 9.30 Å². The summed E-state index contributed by atoms with van der Waals surface area (Å²) in [6.45, 7) is 2.33. The molecule has 1 aromatic carbocycles. The van der Waals surface area contributed by atoms with Gasteiger partial charge in [0, 0.05) is 0 Å². The lowest BCUT2D eigenvalue weighted by molar-refractivity contribution is 0.0594. The van der Waals surface area contributed by atoms with Crippen LogP contribution in [0.2, 0.25) is 10.0 Å². The number of carbonyl (C=O) groups excluding carboxylic acids is 1. The fourth-order valence-corrected chi connectivity index (χ4v) is 2.74. The van der Waals surface area contributed by atoms with Crippen LogP contribution in [0.3, 0.4) is 0 Å². The van der Waals surface area contributed by atoms with E-state index in [1.165, 1.54) is 7.11 Å². The van der Waals surface area contributed by atoms with Gasteiger partial charge in [-0.1, -0.05) is 35.3 Å². The third kappa shape index (κ3) is 2.90. The maximum atomic E-state index is 11.7. The highest BCUT2D eigenvalue weighted by atomic mass is 35.5. The number of aryl methyl sites for hydroxylation is 1. The summed E-state index contributed by atoms with van der Waals surface area (Å²) in [6.07, 6.45) is 0. The smallest absolute Gasteiger partial charge is 0.356 e. The van der Waals surface area contributed by atoms with Crippen LogP contribution in [0, 0.1) is 6.92 Å². The zero-order chi connectivity index (χ0) is 16.6. The third-order valence-electron chi connectivity index (χ3n) is 3.54. The van der Waals surface area contributed by atoms with Gasteiger partial charge in [0.25, 0.3) is 0 Å². The van der Waals surface area contributed by atoms with Crippen molar-refractivity contribution < 1.29 is 9.53 Å². The van der Waals surface area contributed by atoms with Crippen LogP contribution in [0.5, 0.6) is 0 Å². The van der Waals surface area contributed by atoms with E-state index in [4.69, 9.17) is 27.9 Å². The Kier molecular flexibility index (Phi) is 4.24. The van der Waals surface area contributed by atoms with E-state index in [1.54, 1.807) is 18.2 Å². The van der Waals surface area contributed by atoms with Gasteiger partial charge in [0.1, 0.15) is 11.3 Å². The van der Waals surface area contributed by atoms with Crippen LogP contribution in [-0.4, -0.2) is 27.6 Å². The highest BCUT2D eigenvalue weighted by Gasteiger charge is 2.15. The Labute approximate surface area is 142 Å². The summed E-state index contributed by atoms with van der Waals surface area (Å²) in [5.41, 5.74) is 2.39. The Hall–Kier alpha value is -2.11. The van der Waals surface area contributed by atoms with Gasteiger partial charge in [0.05, 0.1) is 23.7 Å². The number of rotatable bonds is 3. The van der Waals surface area contributed by atoms with E-state index in [0.29, 0.717) is 27.8 Å². The number of aromatic nitrogens is 3. The second kappa shape index (κ2) is 6.18. The lowest BCUT2D eigenvalue weighted by Crippen LogP contribution is -2.07. The molecule has 0 saturated heterocycles. The first-order valence-electron chi connectivity index (χ1n) is 6.86. The van der Waals surface area contributed by atoms with Crippen LogP contribution in [0.4, 0.5) is 0 Å². The van der Waals surface area contributed by atoms with Crippen LogP contribution in [0.25, 0.3) is 11.2 Å². The van der Waals surface area contributed by atoms with Gasteiger partial charge >= 0.3 is 5.97 Å². The van der Waals surface area contributed by atoms with Crippen molar-refractivity contribution in [1.29, 1.82) is 0 Å². The summed E-state index contributed by atoms with van der Waals surface area (Å²) in [5, 5.41) is 0.994. The molecule has 118 valence electrons. The zero-order valence-corrected chi connectivity index (χ0v) is 14.0. The molecular weight excluding hydrogens is 337 g/mol. The van der Waals surface area contributed by atoms with Crippen molar-refractivity contribution >= 4 is 40.3 Å². The van der Waals surface area contributed by atoms with Crippen LogP contribution in [0.1, 0.15) is 21.9 Å². The quantitative estimate of drug-likeness (QED) is 0.673. The van der Waals surface area contributed by atoms with Crippen molar-refractivity contribution in [2.24, 2.45) is 0 Å². The largest absolute Gasteiger partial charge is 0.464 e. The normalized spacial score (nSPS) is 11.0. The molecular formula is C16H13Cl2N3O2. The summed E-state index contributed by atoms with van der Waals surface area (Å²) in [5.74, 6) is 0.281. The third-order valence-corrected chi connectivity index (χ3v) is 4.40. The number of imidazole rings is 1. The van der Waals surface area contributed by atoms with Gasteiger partial charge in [-0.2, -0.15) is 0 Å². The van der Waals surface area contributed by atoms with Crippen molar-refractivity contribution in [2.45, 2.75) is 13.5 Å². The second-order valence-corrected chi connectivity index (χ2v) is 5.77.